The first kappa shape index (κ1) is 17.8. The Balaban J connectivity index is 1.58. The maximum atomic E-state index is 13.9. The molecule has 0 amide bonds. The minimum Gasteiger partial charge on any atom is -0.294 e. The van der Waals surface area contributed by atoms with Gasteiger partial charge >= 0.3 is 0 Å². The summed E-state index contributed by atoms with van der Waals surface area (Å²) in [6.07, 6.45) is 0. The van der Waals surface area contributed by atoms with Crippen LogP contribution in [0.2, 0.25) is 0 Å². The SMILES string of the molecule is O=C(c1ccc(Br)cc1)[C@@H]1[C@@H](c2ccccc2)[C@@]12C(=O)c1cccc3cccc2c13. The maximum absolute atomic E-state index is 13.9. The second-order valence-corrected chi connectivity index (χ2v) is 9.06. The number of Topliss-reactive ketones (excluding diaryl/α,β-unsaturated/α-hetero) is 2. The van der Waals surface area contributed by atoms with E-state index in [1.165, 1.54) is 0 Å². The molecule has 4 aromatic carbocycles. The van der Waals surface area contributed by atoms with Crippen LogP contribution in [0.3, 0.4) is 0 Å². The first-order chi connectivity index (χ1) is 14.6. The molecule has 3 atom stereocenters. The highest BCUT2D eigenvalue weighted by Crippen LogP contribution is 2.71. The van der Waals surface area contributed by atoms with Gasteiger partial charge in [0.05, 0.1) is 5.41 Å². The molecule has 3 heteroatoms. The number of ketones is 2. The van der Waals surface area contributed by atoms with Gasteiger partial charge in [0.15, 0.2) is 11.6 Å². The van der Waals surface area contributed by atoms with Crippen molar-refractivity contribution in [3.8, 4) is 0 Å². The maximum Gasteiger partial charge on any atom is 0.175 e. The van der Waals surface area contributed by atoms with E-state index in [0.717, 1.165) is 31.9 Å². The van der Waals surface area contributed by atoms with Crippen LogP contribution in [-0.2, 0) is 5.41 Å². The number of fused-ring (bicyclic) bond motifs is 1. The van der Waals surface area contributed by atoms with Gasteiger partial charge in [0.25, 0.3) is 0 Å². The van der Waals surface area contributed by atoms with E-state index in [0.29, 0.717) is 5.56 Å². The molecule has 0 N–H and O–H groups in total. The highest BCUT2D eigenvalue weighted by atomic mass is 79.9. The third-order valence-electron chi connectivity index (χ3n) is 6.75. The van der Waals surface area contributed by atoms with Crippen molar-refractivity contribution in [2.45, 2.75) is 11.3 Å². The zero-order valence-corrected chi connectivity index (χ0v) is 17.6. The van der Waals surface area contributed by atoms with Gasteiger partial charge in [-0.05, 0) is 34.0 Å². The number of hydrogen-bond acceptors (Lipinski definition) is 2. The van der Waals surface area contributed by atoms with Crippen LogP contribution >= 0.6 is 15.9 Å². The molecule has 144 valence electrons. The van der Waals surface area contributed by atoms with Gasteiger partial charge in [0, 0.05) is 27.4 Å². The summed E-state index contributed by atoms with van der Waals surface area (Å²) in [5.41, 5.74) is 2.64. The summed E-state index contributed by atoms with van der Waals surface area (Å²) >= 11 is 3.44. The first-order valence-corrected chi connectivity index (χ1v) is 10.8. The largest absolute Gasteiger partial charge is 0.294 e. The molecule has 4 aromatic rings. The van der Waals surface area contributed by atoms with Gasteiger partial charge in [-0.25, -0.2) is 0 Å². The van der Waals surface area contributed by atoms with Crippen molar-refractivity contribution in [1.29, 1.82) is 0 Å². The standard InChI is InChI=1S/C27H17BrO2/c28-19-14-12-18(13-15-19)25(29)24-23(17-6-2-1-3-7-17)27(24)21-11-5-9-16-8-4-10-20(22(16)21)26(27)30/h1-15,23-24H/t23-,24+,27-/m1/s1. The van der Waals surface area contributed by atoms with E-state index >= 15 is 0 Å². The Bertz CT molecular complexity index is 1340. The molecule has 0 heterocycles. The van der Waals surface area contributed by atoms with E-state index in [9.17, 15) is 9.59 Å². The lowest BCUT2D eigenvalue weighted by Crippen LogP contribution is -2.22. The number of carbonyl (C=O) groups is 2. The lowest BCUT2D eigenvalue weighted by atomic mass is 9.88. The van der Waals surface area contributed by atoms with E-state index in [1.807, 2.05) is 91.0 Å². The van der Waals surface area contributed by atoms with Crippen molar-refractivity contribution in [2.24, 2.45) is 5.92 Å². The van der Waals surface area contributed by atoms with Gasteiger partial charge in [-0.3, -0.25) is 9.59 Å². The van der Waals surface area contributed by atoms with Gasteiger partial charge in [-0.15, -0.1) is 0 Å². The predicted octanol–water partition coefficient (Wildman–Crippen LogP) is 6.33. The van der Waals surface area contributed by atoms with Crippen LogP contribution in [0.5, 0.6) is 0 Å². The monoisotopic (exact) mass is 452 g/mol. The number of halogens is 1. The smallest absolute Gasteiger partial charge is 0.175 e. The Morgan fingerprint density at radius 2 is 1.50 bits per heavy atom. The van der Waals surface area contributed by atoms with Crippen LogP contribution in [0.4, 0.5) is 0 Å². The quantitative estimate of drug-likeness (QED) is 0.340. The Kier molecular flexibility index (Phi) is 3.69. The van der Waals surface area contributed by atoms with E-state index in [-0.39, 0.29) is 17.5 Å². The third-order valence-corrected chi connectivity index (χ3v) is 7.27. The van der Waals surface area contributed by atoms with Crippen molar-refractivity contribution in [3.63, 3.8) is 0 Å². The first-order valence-electron chi connectivity index (χ1n) is 10.1. The topological polar surface area (TPSA) is 34.1 Å². The summed E-state index contributed by atoms with van der Waals surface area (Å²) in [6.45, 7) is 0. The molecule has 0 bridgehead atoms. The number of benzene rings is 4. The van der Waals surface area contributed by atoms with Crippen LogP contribution < -0.4 is 0 Å². The number of carbonyl (C=O) groups excluding carboxylic acids is 2. The molecule has 30 heavy (non-hydrogen) atoms. The van der Waals surface area contributed by atoms with Crippen LogP contribution in [0.15, 0.2) is 95.5 Å². The molecule has 2 aliphatic carbocycles. The van der Waals surface area contributed by atoms with Gasteiger partial charge in [0.1, 0.15) is 0 Å². The molecular formula is C27H17BrO2. The molecule has 0 aliphatic heterocycles. The Labute approximate surface area is 182 Å². The molecule has 0 unspecified atom stereocenters. The van der Waals surface area contributed by atoms with Crippen molar-refractivity contribution in [2.75, 3.05) is 0 Å². The van der Waals surface area contributed by atoms with Crippen molar-refractivity contribution < 1.29 is 9.59 Å². The average molecular weight is 453 g/mol. The number of rotatable bonds is 3. The molecule has 1 saturated carbocycles. The number of hydrogen-bond donors (Lipinski definition) is 0. The fourth-order valence-corrected chi connectivity index (χ4v) is 5.76. The van der Waals surface area contributed by atoms with Gasteiger partial charge < -0.3 is 0 Å². The van der Waals surface area contributed by atoms with Crippen LogP contribution in [0.25, 0.3) is 10.8 Å². The highest BCUT2D eigenvalue weighted by molar-refractivity contribution is 9.10. The normalized spacial score (nSPS) is 23.8. The second kappa shape index (κ2) is 6.23. The zero-order valence-electron chi connectivity index (χ0n) is 16.0. The molecule has 2 nitrogen and oxygen atoms in total. The van der Waals surface area contributed by atoms with Gasteiger partial charge in [-0.1, -0.05) is 94.8 Å². The average Bonchev–Trinajstić information content (AvgIpc) is 3.42. The fraction of sp³-hybridized carbons (Fsp3) is 0.111. The minimum atomic E-state index is -0.811. The predicted molar refractivity (Wildman–Crippen MR) is 121 cm³/mol. The third kappa shape index (κ3) is 2.19. The zero-order chi connectivity index (χ0) is 20.5. The molecule has 1 fully saturated rings. The van der Waals surface area contributed by atoms with E-state index in [2.05, 4.69) is 15.9 Å². The van der Waals surface area contributed by atoms with Crippen molar-refractivity contribution in [1.82, 2.24) is 0 Å². The van der Waals surface area contributed by atoms with Crippen molar-refractivity contribution in [3.05, 3.63) is 118 Å². The summed E-state index contributed by atoms with van der Waals surface area (Å²) < 4.78 is 0.929. The van der Waals surface area contributed by atoms with E-state index in [1.54, 1.807) is 0 Å². The molecule has 0 radical (unpaired) electrons. The summed E-state index contributed by atoms with van der Waals surface area (Å²) in [7, 11) is 0. The van der Waals surface area contributed by atoms with Crippen LogP contribution in [-0.4, -0.2) is 11.6 Å². The molecular weight excluding hydrogens is 436 g/mol. The summed E-state index contributed by atoms with van der Waals surface area (Å²) in [5.74, 6) is -0.431. The highest BCUT2D eigenvalue weighted by Gasteiger charge is 2.75. The van der Waals surface area contributed by atoms with E-state index < -0.39 is 11.3 Å². The van der Waals surface area contributed by atoms with E-state index in [4.69, 9.17) is 0 Å². The lowest BCUT2D eigenvalue weighted by molar-refractivity contribution is 0.0892. The fourth-order valence-electron chi connectivity index (χ4n) is 5.49. The van der Waals surface area contributed by atoms with Crippen molar-refractivity contribution >= 4 is 38.3 Å². The summed E-state index contributed by atoms with van der Waals surface area (Å²) in [4.78, 5) is 27.6. The van der Waals surface area contributed by atoms with Crippen LogP contribution in [0.1, 0.15) is 37.8 Å². The molecule has 2 aliphatic rings. The Morgan fingerprint density at radius 3 is 2.23 bits per heavy atom. The summed E-state index contributed by atoms with van der Waals surface area (Å²) in [5, 5.41) is 2.07. The van der Waals surface area contributed by atoms with Gasteiger partial charge in [0.2, 0.25) is 0 Å². The minimum absolute atomic E-state index is 0.0366. The Morgan fingerprint density at radius 1 is 0.800 bits per heavy atom. The molecule has 1 spiro atoms. The molecule has 6 rings (SSSR count). The molecule has 0 aromatic heterocycles. The Hall–Kier alpha value is -3.04. The van der Waals surface area contributed by atoms with Crippen LogP contribution in [0, 0.1) is 5.92 Å². The van der Waals surface area contributed by atoms with Gasteiger partial charge in [-0.2, -0.15) is 0 Å². The second-order valence-electron chi connectivity index (χ2n) is 8.14. The molecule has 0 saturated heterocycles. The summed E-state index contributed by atoms with van der Waals surface area (Å²) in [6, 6.07) is 29.4. The lowest BCUT2D eigenvalue weighted by Gasteiger charge is -2.11.